The Balaban J connectivity index is 2.62. The first kappa shape index (κ1) is 11.0. The summed E-state index contributed by atoms with van der Waals surface area (Å²) in [5, 5.41) is 0.270. The van der Waals surface area contributed by atoms with Crippen LogP contribution in [0.1, 0.15) is 0 Å². The summed E-state index contributed by atoms with van der Waals surface area (Å²) in [7, 11) is 0. The molecule has 2 N–H and O–H groups in total. The van der Waals surface area contributed by atoms with Gasteiger partial charge in [-0.1, -0.05) is 29.8 Å². The summed E-state index contributed by atoms with van der Waals surface area (Å²) < 4.78 is 18.2. The molecule has 1 rings (SSSR count). The van der Waals surface area contributed by atoms with Gasteiger partial charge in [-0.2, -0.15) is 0 Å². The first-order valence-electron chi connectivity index (χ1n) is 4.17. The Morgan fingerprint density at radius 2 is 2.21 bits per heavy atom. The molecule has 0 aliphatic heterocycles. The molecule has 1 aromatic carbocycles. The van der Waals surface area contributed by atoms with Crippen molar-refractivity contribution in [1.82, 2.24) is 0 Å². The Bertz CT molecular complexity index is 308. The molecule has 0 saturated carbocycles. The molecular weight excluding hydrogens is 205 g/mol. The monoisotopic (exact) mass is 215 g/mol. The third-order valence-electron chi connectivity index (χ3n) is 1.55. The molecule has 0 aromatic heterocycles. The van der Waals surface area contributed by atoms with Gasteiger partial charge in [0.1, 0.15) is 6.61 Å². The number of ether oxygens (including phenoxy) is 1. The van der Waals surface area contributed by atoms with Gasteiger partial charge in [0.25, 0.3) is 0 Å². The summed E-state index contributed by atoms with van der Waals surface area (Å²) in [6.45, 7) is 0.701. The van der Waals surface area contributed by atoms with Crippen LogP contribution in [0.15, 0.2) is 30.4 Å². The van der Waals surface area contributed by atoms with Crippen molar-refractivity contribution >= 4 is 11.6 Å². The predicted octanol–water partition coefficient (Wildman–Crippen LogP) is 2.37. The van der Waals surface area contributed by atoms with Gasteiger partial charge in [-0.3, -0.25) is 0 Å². The van der Waals surface area contributed by atoms with Gasteiger partial charge in [-0.15, -0.1) is 0 Å². The summed E-state index contributed by atoms with van der Waals surface area (Å²) in [5.74, 6) is -0.380. The number of benzene rings is 1. The number of rotatable bonds is 4. The van der Waals surface area contributed by atoms with Crippen molar-refractivity contribution in [3.8, 4) is 5.75 Å². The predicted molar refractivity (Wildman–Crippen MR) is 55.1 cm³/mol. The lowest BCUT2D eigenvalue weighted by atomic mass is 10.3. The van der Waals surface area contributed by atoms with Gasteiger partial charge >= 0.3 is 0 Å². The van der Waals surface area contributed by atoms with Crippen LogP contribution in [0.5, 0.6) is 5.75 Å². The minimum absolute atomic E-state index is 0.0795. The van der Waals surface area contributed by atoms with Crippen LogP contribution in [0, 0.1) is 5.82 Å². The highest BCUT2D eigenvalue weighted by Gasteiger charge is 2.06. The van der Waals surface area contributed by atoms with E-state index in [0.29, 0.717) is 6.54 Å². The standard InChI is InChI=1S/C10H11ClFNO/c11-8-4-3-5-9(12)10(8)14-7-2-1-6-13/h1-5H,6-7,13H2/b2-1+. The van der Waals surface area contributed by atoms with E-state index in [1.165, 1.54) is 12.1 Å². The highest BCUT2D eigenvalue weighted by molar-refractivity contribution is 6.32. The molecule has 0 aliphatic carbocycles. The van der Waals surface area contributed by atoms with Gasteiger partial charge in [0, 0.05) is 6.54 Å². The number of hydrogen-bond donors (Lipinski definition) is 1. The van der Waals surface area contributed by atoms with Crippen molar-refractivity contribution < 1.29 is 9.13 Å². The molecule has 0 saturated heterocycles. The average Bonchev–Trinajstić information content (AvgIpc) is 2.16. The second kappa shape index (κ2) is 5.62. The Morgan fingerprint density at radius 1 is 1.43 bits per heavy atom. The number of para-hydroxylation sites is 1. The molecule has 2 nitrogen and oxygen atoms in total. The lowest BCUT2D eigenvalue weighted by Crippen LogP contribution is -1.99. The van der Waals surface area contributed by atoms with Crippen LogP contribution in [-0.2, 0) is 0 Å². The summed E-state index contributed by atoms with van der Waals surface area (Å²) >= 11 is 5.73. The van der Waals surface area contributed by atoms with E-state index in [-0.39, 0.29) is 17.4 Å². The van der Waals surface area contributed by atoms with Gasteiger partial charge in [0.05, 0.1) is 5.02 Å². The minimum atomic E-state index is -0.460. The van der Waals surface area contributed by atoms with Crippen LogP contribution in [-0.4, -0.2) is 13.2 Å². The molecule has 4 heteroatoms. The Hall–Kier alpha value is -1.06. The Kier molecular flexibility index (Phi) is 4.43. The van der Waals surface area contributed by atoms with E-state index in [4.69, 9.17) is 22.1 Å². The number of hydrogen-bond acceptors (Lipinski definition) is 2. The molecule has 1 aromatic rings. The lowest BCUT2D eigenvalue weighted by molar-refractivity contribution is 0.341. The van der Waals surface area contributed by atoms with E-state index in [2.05, 4.69) is 0 Å². The van der Waals surface area contributed by atoms with Crippen LogP contribution < -0.4 is 10.5 Å². The summed E-state index contributed by atoms with van der Waals surface area (Å²) in [5.41, 5.74) is 5.23. The Labute approximate surface area is 87.1 Å². The molecular formula is C10H11ClFNO. The minimum Gasteiger partial charge on any atom is -0.485 e. The van der Waals surface area contributed by atoms with Crippen molar-refractivity contribution in [2.75, 3.05) is 13.2 Å². The maximum absolute atomic E-state index is 13.1. The van der Waals surface area contributed by atoms with E-state index in [1.54, 1.807) is 18.2 Å². The summed E-state index contributed by atoms with van der Waals surface area (Å²) in [6, 6.07) is 4.40. The van der Waals surface area contributed by atoms with Gasteiger partial charge in [-0.25, -0.2) is 4.39 Å². The van der Waals surface area contributed by atoms with Crippen LogP contribution in [0.25, 0.3) is 0 Å². The highest BCUT2D eigenvalue weighted by Crippen LogP contribution is 2.26. The fourth-order valence-electron chi connectivity index (χ4n) is 0.916. The molecule has 0 amide bonds. The summed E-state index contributed by atoms with van der Waals surface area (Å²) in [6.07, 6.45) is 3.44. The molecule has 0 fully saturated rings. The molecule has 14 heavy (non-hydrogen) atoms. The zero-order chi connectivity index (χ0) is 10.4. The molecule has 0 atom stereocenters. The van der Waals surface area contributed by atoms with E-state index >= 15 is 0 Å². The second-order valence-corrected chi connectivity index (χ2v) is 2.98. The molecule has 0 heterocycles. The number of nitrogens with two attached hydrogens (primary N) is 1. The van der Waals surface area contributed by atoms with E-state index < -0.39 is 5.82 Å². The van der Waals surface area contributed by atoms with Gasteiger partial charge in [0.15, 0.2) is 11.6 Å². The first-order chi connectivity index (χ1) is 6.75. The summed E-state index contributed by atoms with van der Waals surface area (Å²) in [4.78, 5) is 0. The lowest BCUT2D eigenvalue weighted by Gasteiger charge is -2.05. The third-order valence-corrected chi connectivity index (χ3v) is 1.84. The topological polar surface area (TPSA) is 35.2 Å². The molecule has 0 radical (unpaired) electrons. The third kappa shape index (κ3) is 3.01. The van der Waals surface area contributed by atoms with E-state index in [1.807, 2.05) is 0 Å². The van der Waals surface area contributed by atoms with Crippen molar-refractivity contribution in [1.29, 1.82) is 0 Å². The number of halogens is 2. The smallest absolute Gasteiger partial charge is 0.173 e. The zero-order valence-corrected chi connectivity index (χ0v) is 8.30. The largest absolute Gasteiger partial charge is 0.485 e. The van der Waals surface area contributed by atoms with Crippen LogP contribution >= 0.6 is 11.6 Å². The maximum atomic E-state index is 13.1. The van der Waals surface area contributed by atoms with Gasteiger partial charge in [0.2, 0.25) is 0 Å². The quantitative estimate of drug-likeness (QED) is 0.783. The van der Waals surface area contributed by atoms with Crippen LogP contribution in [0.3, 0.4) is 0 Å². The van der Waals surface area contributed by atoms with Crippen molar-refractivity contribution in [2.24, 2.45) is 5.73 Å². The molecule has 0 bridgehead atoms. The van der Waals surface area contributed by atoms with Crippen molar-refractivity contribution in [2.45, 2.75) is 0 Å². The zero-order valence-electron chi connectivity index (χ0n) is 7.54. The Morgan fingerprint density at radius 3 is 2.86 bits per heavy atom. The van der Waals surface area contributed by atoms with Crippen LogP contribution in [0.2, 0.25) is 5.02 Å². The van der Waals surface area contributed by atoms with Gasteiger partial charge in [-0.05, 0) is 12.1 Å². The van der Waals surface area contributed by atoms with E-state index in [0.717, 1.165) is 0 Å². The van der Waals surface area contributed by atoms with E-state index in [9.17, 15) is 4.39 Å². The highest BCUT2D eigenvalue weighted by atomic mass is 35.5. The SMILES string of the molecule is NC/C=C/COc1c(F)cccc1Cl. The fraction of sp³-hybridized carbons (Fsp3) is 0.200. The second-order valence-electron chi connectivity index (χ2n) is 2.57. The first-order valence-corrected chi connectivity index (χ1v) is 4.55. The van der Waals surface area contributed by atoms with Gasteiger partial charge < -0.3 is 10.5 Å². The molecule has 76 valence electrons. The fourth-order valence-corrected chi connectivity index (χ4v) is 1.13. The average molecular weight is 216 g/mol. The van der Waals surface area contributed by atoms with Crippen molar-refractivity contribution in [3.05, 3.63) is 41.2 Å². The van der Waals surface area contributed by atoms with Crippen molar-refractivity contribution in [3.63, 3.8) is 0 Å². The molecule has 0 aliphatic rings. The molecule has 0 unspecified atom stereocenters. The van der Waals surface area contributed by atoms with Crippen LogP contribution in [0.4, 0.5) is 4.39 Å². The normalized spacial score (nSPS) is 10.8. The maximum Gasteiger partial charge on any atom is 0.173 e. The molecule has 0 spiro atoms.